The first-order chi connectivity index (χ1) is 27.3. The third-order valence-electron chi connectivity index (χ3n) is 12.7. The van der Waals surface area contributed by atoms with Crippen molar-refractivity contribution in [1.82, 2.24) is 30.2 Å². The highest BCUT2D eigenvalue weighted by atomic mass is 19.4. The molecule has 4 aromatic rings. The van der Waals surface area contributed by atoms with Crippen LogP contribution in [0.3, 0.4) is 0 Å². The van der Waals surface area contributed by atoms with Gasteiger partial charge in [0, 0.05) is 47.9 Å². The van der Waals surface area contributed by atoms with Gasteiger partial charge in [0.05, 0.1) is 29.3 Å². The Bertz CT molecular complexity index is 1950. The van der Waals surface area contributed by atoms with Gasteiger partial charge in [0.1, 0.15) is 17.3 Å². The van der Waals surface area contributed by atoms with E-state index in [2.05, 4.69) is 48.5 Å². The number of fused-ring (bicyclic) bond motifs is 4. The maximum Gasteiger partial charge on any atom is 0.416 e. The molecular formula is C44H56F3N7O3. The fraction of sp³-hybridized carbons (Fsp3) is 0.545. The molecular weight excluding hydrogens is 732 g/mol. The van der Waals surface area contributed by atoms with E-state index in [0.717, 1.165) is 72.1 Å². The number of hydrogen-bond acceptors (Lipinski definition) is 10. The number of alkyl halides is 3. The molecule has 0 amide bonds. The van der Waals surface area contributed by atoms with Crippen molar-refractivity contribution in [3.8, 4) is 34.0 Å². The van der Waals surface area contributed by atoms with E-state index in [1.807, 2.05) is 32.0 Å². The Morgan fingerprint density at radius 1 is 0.702 bits per heavy atom. The Labute approximate surface area is 333 Å². The molecule has 8 rings (SSSR count). The van der Waals surface area contributed by atoms with Crippen LogP contribution in [0.25, 0.3) is 22.5 Å². The van der Waals surface area contributed by atoms with Crippen molar-refractivity contribution in [1.29, 1.82) is 0 Å². The molecule has 4 aliphatic heterocycles. The van der Waals surface area contributed by atoms with Crippen molar-refractivity contribution in [2.24, 2.45) is 5.92 Å². The van der Waals surface area contributed by atoms with Crippen LogP contribution in [0.2, 0.25) is 0 Å². The van der Waals surface area contributed by atoms with Crippen LogP contribution in [0.4, 0.5) is 19.0 Å². The first kappa shape index (κ1) is 40.9. The summed E-state index contributed by atoms with van der Waals surface area (Å²) in [5.74, 6) is 1.10. The quantitative estimate of drug-likeness (QED) is 0.125. The molecule has 10 nitrogen and oxygen atoms in total. The van der Waals surface area contributed by atoms with E-state index >= 15 is 0 Å². The number of aryl methyl sites for hydroxylation is 3. The van der Waals surface area contributed by atoms with E-state index in [0.29, 0.717) is 53.6 Å². The number of aromatic hydroxyl groups is 2. The summed E-state index contributed by atoms with van der Waals surface area (Å²) < 4.78 is 38.8. The Morgan fingerprint density at radius 2 is 1.32 bits per heavy atom. The Hall–Kier alpha value is -4.33. The molecule has 4 bridgehead atoms. The zero-order chi connectivity index (χ0) is 40.4. The molecule has 0 saturated carbocycles. The number of halogens is 3. The lowest BCUT2D eigenvalue weighted by Gasteiger charge is -2.40. The number of phenols is 2. The van der Waals surface area contributed by atoms with Crippen molar-refractivity contribution in [3.63, 3.8) is 0 Å². The summed E-state index contributed by atoms with van der Waals surface area (Å²) in [6, 6.07) is 16.0. The number of rotatable bonds is 10. The summed E-state index contributed by atoms with van der Waals surface area (Å²) in [7, 11) is 0. The number of piperidine rings is 2. The van der Waals surface area contributed by atoms with Gasteiger partial charge in [-0.3, -0.25) is 9.80 Å². The van der Waals surface area contributed by atoms with Crippen molar-refractivity contribution in [2.45, 2.75) is 128 Å². The van der Waals surface area contributed by atoms with Gasteiger partial charge in [-0.2, -0.15) is 23.4 Å². The molecule has 4 saturated heterocycles. The number of phenolic OH excluding ortho intramolecular Hbond substituents is 2. The lowest BCUT2D eigenvalue weighted by molar-refractivity contribution is -0.137. The molecule has 4 N–H and O–H groups in total. The Kier molecular flexibility index (Phi) is 12.4. The molecule has 2 aromatic heterocycles. The zero-order valence-electron chi connectivity index (χ0n) is 33.4. The molecule has 4 fully saturated rings. The third-order valence-corrected chi connectivity index (χ3v) is 12.7. The predicted molar refractivity (Wildman–Crippen MR) is 215 cm³/mol. The van der Waals surface area contributed by atoms with Gasteiger partial charge < -0.3 is 20.6 Å². The fourth-order valence-electron chi connectivity index (χ4n) is 10.3. The van der Waals surface area contributed by atoms with Gasteiger partial charge in [0.2, 0.25) is 0 Å². The summed E-state index contributed by atoms with van der Waals surface area (Å²) in [5, 5.41) is 50.8. The monoisotopic (exact) mass is 787 g/mol. The van der Waals surface area contributed by atoms with Crippen LogP contribution in [0.1, 0.15) is 92.7 Å². The van der Waals surface area contributed by atoms with Crippen molar-refractivity contribution >= 4 is 5.82 Å². The SMILES string of the molecule is CCCN1C2CCC(Nc3ccc(-c4c(C)cc(C)cc4O)nn3)C1CC2.Cc1cc(C(F)(F)F)cc(O)c1-c1ccc(CC2CCC3CCC2N3CCO)nn1. The minimum absolute atomic E-state index is 0.171. The van der Waals surface area contributed by atoms with E-state index in [1.165, 1.54) is 52.0 Å². The molecule has 2 aromatic carbocycles. The molecule has 306 valence electrons. The normalized spacial score (nSPS) is 24.6. The fourth-order valence-corrected chi connectivity index (χ4v) is 10.3. The van der Waals surface area contributed by atoms with Gasteiger partial charge in [-0.15, -0.1) is 10.2 Å². The summed E-state index contributed by atoms with van der Waals surface area (Å²) in [5.41, 5.74) is 4.42. The summed E-state index contributed by atoms with van der Waals surface area (Å²) >= 11 is 0. The lowest BCUT2D eigenvalue weighted by atomic mass is 9.86. The van der Waals surface area contributed by atoms with Gasteiger partial charge in [-0.1, -0.05) is 13.0 Å². The number of hydrogen-bond donors (Lipinski definition) is 4. The van der Waals surface area contributed by atoms with Crippen LogP contribution in [-0.2, 0) is 12.6 Å². The second-order valence-corrected chi connectivity index (χ2v) is 16.5. The van der Waals surface area contributed by atoms with E-state index in [4.69, 9.17) is 0 Å². The second-order valence-electron chi connectivity index (χ2n) is 16.5. The van der Waals surface area contributed by atoms with Crippen LogP contribution in [0.15, 0.2) is 48.5 Å². The number of aliphatic hydroxyl groups excluding tert-OH is 1. The van der Waals surface area contributed by atoms with Crippen molar-refractivity contribution in [3.05, 3.63) is 76.5 Å². The smallest absolute Gasteiger partial charge is 0.416 e. The number of aliphatic hydroxyl groups is 1. The van der Waals surface area contributed by atoms with Crippen LogP contribution in [0.5, 0.6) is 11.5 Å². The molecule has 4 aliphatic rings. The Morgan fingerprint density at radius 3 is 1.91 bits per heavy atom. The second kappa shape index (κ2) is 17.3. The van der Waals surface area contributed by atoms with E-state index in [9.17, 15) is 28.5 Å². The summed E-state index contributed by atoms with van der Waals surface area (Å²) in [6.45, 7) is 9.85. The molecule has 57 heavy (non-hydrogen) atoms. The minimum Gasteiger partial charge on any atom is -0.507 e. The molecule has 6 heterocycles. The van der Waals surface area contributed by atoms with Gasteiger partial charge >= 0.3 is 6.18 Å². The largest absolute Gasteiger partial charge is 0.507 e. The lowest BCUT2D eigenvalue weighted by Crippen LogP contribution is -2.50. The van der Waals surface area contributed by atoms with Crippen molar-refractivity contribution in [2.75, 3.05) is 25.0 Å². The molecule has 0 radical (unpaired) electrons. The highest BCUT2D eigenvalue weighted by Crippen LogP contribution is 2.42. The zero-order valence-corrected chi connectivity index (χ0v) is 33.4. The average Bonchev–Trinajstić information content (AvgIpc) is 3.60. The molecule has 6 atom stereocenters. The van der Waals surface area contributed by atoms with Gasteiger partial charge in [-0.25, -0.2) is 0 Å². The first-order valence-corrected chi connectivity index (χ1v) is 20.6. The number of nitrogens with zero attached hydrogens (tertiary/aromatic N) is 6. The van der Waals surface area contributed by atoms with E-state index in [1.54, 1.807) is 12.1 Å². The van der Waals surface area contributed by atoms with Crippen LogP contribution >= 0.6 is 0 Å². The molecule has 13 heteroatoms. The number of aromatic nitrogens is 4. The maximum atomic E-state index is 12.9. The number of nitrogens with one attached hydrogen (secondary N) is 1. The molecule has 0 aliphatic carbocycles. The standard InChI is InChI=1S/C22H26F3N3O2.C22H30N4O/c1-13-10-15(22(23,24)25)12-20(30)21(13)18-6-3-16(26-27-18)11-14-2-4-17-5-7-19(14)28(17)8-9-29;1-4-11-26-16-5-7-17(19(26)9-6-16)23-21-10-8-18(24-25-21)22-15(3)12-14(2)13-20(22)27/h3,6,10,12,14,17,19,29-30H,2,4-5,7-9,11H2,1H3;8,10,12-13,16-17,19,27H,4-7,9,11H2,1-3H3,(H,23,25). The average molecular weight is 788 g/mol. The van der Waals surface area contributed by atoms with E-state index in [-0.39, 0.29) is 17.9 Å². The summed E-state index contributed by atoms with van der Waals surface area (Å²) in [4.78, 5) is 5.14. The van der Waals surface area contributed by atoms with Crippen LogP contribution < -0.4 is 5.32 Å². The highest BCUT2D eigenvalue weighted by molar-refractivity contribution is 5.72. The van der Waals surface area contributed by atoms with E-state index < -0.39 is 17.5 Å². The third kappa shape index (κ3) is 8.90. The van der Waals surface area contributed by atoms with Gasteiger partial charge in [-0.05, 0) is 157 Å². The number of anilines is 1. The topological polar surface area (TPSA) is 131 Å². The van der Waals surface area contributed by atoms with Gasteiger partial charge in [0.15, 0.2) is 0 Å². The minimum atomic E-state index is -4.51. The van der Waals surface area contributed by atoms with Crippen LogP contribution in [-0.4, -0.2) is 95.4 Å². The predicted octanol–water partition coefficient (Wildman–Crippen LogP) is 8.24. The van der Waals surface area contributed by atoms with Crippen LogP contribution in [0, 0.1) is 26.7 Å². The molecule has 6 unspecified atom stereocenters. The Balaban J connectivity index is 0.000000175. The molecule has 0 spiro atoms. The highest BCUT2D eigenvalue weighted by Gasteiger charge is 2.43. The van der Waals surface area contributed by atoms with Crippen molar-refractivity contribution < 1.29 is 28.5 Å². The van der Waals surface area contributed by atoms with Gasteiger partial charge in [0.25, 0.3) is 0 Å². The summed E-state index contributed by atoms with van der Waals surface area (Å²) in [6.07, 6.45) is 7.15. The first-order valence-electron chi connectivity index (χ1n) is 20.6. The maximum absolute atomic E-state index is 12.9. The number of benzene rings is 2.